The molecule has 3 aromatic rings. The highest BCUT2D eigenvalue weighted by Crippen LogP contribution is 2.28. The van der Waals surface area contributed by atoms with Gasteiger partial charge < -0.3 is 9.30 Å². The van der Waals surface area contributed by atoms with Crippen LogP contribution in [-0.2, 0) is 31.8 Å². The van der Waals surface area contributed by atoms with E-state index < -0.39 is 20.0 Å². The van der Waals surface area contributed by atoms with Gasteiger partial charge in [-0.1, -0.05) is 12.1 Å². The van der Waals surface area contributed by atoms with E-state index in [4.69, 9.17) is 4.74 Å². The highest BCUT2D eigenvalue weighted by Gasteiger charge is 2.27. The number of nitrogens with one attached hydrogen (secondary N) is 1. The molecule has 1 fully saturated rings. The van der Waals surface area contributed by atoms with Crippen LogP contribution >= 0.6 is 0 Å². The number of rotatable bonds is 6. The maximum absolute atomic E-state index is 12.9. The van der Waals surface area contributed by atoms with E-state index in [1.807, 2.05) is 0 Å². The summed E-state index contributed by atoms with van der Waals surface area (Å²) in [5, 5.41) is 7.86. The fourth-order valence-corrected chi connectivity index (χ4v) is 5.71. The second-order valence-electron chi connectivity index (χ2n) is 6.90. The summed E-state index contributed by atoms with van der Waals surface area (Å²) in [6.45, 7) is 1.20. The van der Waals surface area contributed by atoms with E-state index >= 15 is 0 Å². The van der Waals surface area contributed by atoms with E-state index in [1.165, 1.54) is 34.9 Å². The van der Waals surface area contributed by atoms with Crippen molar-refractivity contribution in [3.05, 3.63) is 54.9 Å². The third kappa shape index (κ3) is 4.32. The van der Waals surface area contributed by atoms with Crippen LogP contribution in [0.4, 0.5) is 5.69 Å². The zero-order valence-electron chi connectivity index (χ0n) is 16.7. The number of hydrogen-bond acceptors (Lipinski definition) is 7. The monoisotopic (exact) mass is 463 g/mol. The molecule has 0 saturated carbocycles. The maximum Gasteiger partial charge on any atom is 0.261 e. The summed E-state index contributed by atoms with van der Waals surface area (Å²) in [7, 11) is -5.91. The highest BCUT2D eigenvalue weighted by molar-refractivity contribution is 7.92. The molecule has 1 saturated heterocycles. The molecular weight excluding hydrogens is 442 g/mol. The molecule has 2 aromatic carbocycles. The Kier molecular flexibility index (Phi) is 5.79. The number of nitrogens with zero attached hydrogens (tertiary/aromatic N) is 4. The fraction of sp³-hybridized carbons (Fsp3) is 0.263. The van der Waals surface area contributed by atoms with Gasteiger partial charge >= 0.3 is 0 Å². The van der Waals surface area contributed by atoms with Crippen molar-refractivity contribution in [3.8, 4) is 11.4 Å². The van der Waals surface area contributed by atoms with Gasteiger partial charge in [-0.25, -0.2) is 16.8 Å². The van der Waals surface area contributed by atoms with Crippen molar-refractivity contribution in [2.45, 2.75) is 9.79 Å². The van der Waals surface area contributed by atoms with E-state index in [1.54, 1.807) is 35.9 Å². The van der Waals surface area contributed by atoms with Crippen molar-refractivity contribution in [1.82, 2.24) is 19.1 Å². The largest absolute Gasteiger partial charge is 0.379 e. The highest BCUT2D eigenvalue weighted by atomic mass is 32.2. The van der Waals surface area contributed by atoms with Crippen LogP contribution in [0.25, 0.3) is 11.4 Å². The average Bonchev–Trinajstić information content (AvgIpc) is 3.20. The van der Waals surface area contributed by atoms with E-state index in [9.17, 15) is 16.8 Å². The summed E-state index contributed by atoms with van der Waals surface area (Å²) in [5.74, 6) is 0.505. The van der Waals surface area contributed by atoms with Crippen LogP contribution in [0.1, 0.15) is 0 Å². The van der Waals surface area contributed by atoms with Crippen LogP contribution < -0.4 is 4.72 Å². The minimum atomic E-state index is -3.96. The van der Waals surface area contributed by atoms with Crippen LogP contribution in [0.2, 0.25) is 0 Å². The van der Waals surface area contributed by atoms with Gasteiger partial charge in [0.2, 0.25) is 10.0 Å². The Bertz CT molecular complexity index is 1280. The Morgan fingerprint density at radius 1 is 0.935 bits per heavy atom. The van der Waals surface area contributed by atoms with E-state index in [0.717, 1.165) is 0 Å². The van der Waals surface area contributed by atoms with Crippen molar-refractivity contribution in [1.29, 1.82) is 0 Å². The van der Waals surface area contributed by atoms with Gasteiger partial charge in [0.1, 0.15) is 6.33 Å². The Labute approximate surface area is 180 Å². The molecule has 1 aromatic heterocycles. The Morgan fingerprint density at radius 2 is 1.58 bits per heavy atom. The van der Waals surface area contributed by atoms with Gasteiger partial charge in [-0.15, -0.1) is 10.2 Å². The summed E-state index contributed by atoms with van der Waals surface area (Å²) >= 11 is 0. The zero-order chi connectivity index (χ0) is 22.1. The summed E-state index contributed by atoms with van der Waals surface area (Å²) < 4.78 is 62.1. The standard InChI is InChI=1S/C19H21N5O5S2/c1-23-14-20-21-19(23)17-4-2-3-5-18(17)22-30(25,26)15-6-8-16(9-7-15)31(27,28)24-10-12-29-13-11-24/h2-9,14,22H,10-13H2,1H3. The van der Waals surface area contributed by atoms with E-state index in [-0.39, 0.29) is 22.9 Å². The molecule has 0 aliphatic carbocycles. The predicted molar refractivity (Wildman–Crippen MR) is 113 cm³/mol. The average molecular weight is 464 g/mol. The molecule has 164 valence electrons. The molecule has 0 bridgehead atoms. The number of para-hydroxylation sites is 1. The first-order valence-corrected chi connectivity index (χ1v) is 12.4. The molecule has 1 aliphatic heterocycles. The lowest BCUT2D eigenvalue weighted by molar-refractivity contribution is 0.0730. The molecule has 0 atom stereocenters. The Hall–Kier alpha value is -2.80. The molecule has 1 aliphatic rings. The molecule has 10 nitrogen and oxygen atoms in total. The SMILES string of the molecule is Cn1cnnc1-c1ccccc1NS(=O)(=O)c1ccc(S(=O)(=O)N2CCOCC2)cc1. The van der Waals surface area contributed by atoms with Crippen molar-refractivity contribution < 1.29 is 21.6 Å². The summed E-state index contributed by atoms with van der Waals surface area (Å²) in [4.78, 5) is -0.0194. The van der Waals surface area contributed by atoms with Gasteiger partial charge in [0.25, 0.3) is 10.0 Å². The Balaban J connectivity index is 1.60. The lowest BCUT2D eigenvalue weighted by Gasteiger charge is -2.26. The first-order chi connectivity index (χ1) is 14.8. The minimum Gasteiger partial charge on any atom is -0.379 e. The molecular formula is C19H21N5O5S2. The van der Waals surface area contributed by atoms with Crippen LogP contribution in [0.15, 0.2) is 64.6 Å². The quantitative estimate of drug-likeness (QED) is 0.584. The molecule has 0 spiro atoms. The number of ether oxygens (including phenoxy) is 1. The number of aryl methyl sites for hydroxylation is 1. The fourth-order valence-electron chi connectivity index (χ4n) is 3.22. The van der Waals surface area contributed by atoms with Gasteiger partial charge in [0, 0.05) is 25.7 Å². The van der Waals surface area contributed by atoms with Crippen molar-refractivity contribution >= 4 is 25.7 Å². The second kappa shape index (κ2) is 8.38. The third-order valence-electron chi connectivity index (χ3n) is 4.87. The zero-order valence-corrected chi connectivity index (χ0v) is 18.3. The van der Waals surface area contributed by atoms with Gasteiger partial charge in [-0.3, -0.25) is 4.72 Å². The summed E-state index contributed by atoms with van der Waals surface area (Å²) in [6.07, 6.45) is 1.52. The number of aromatic nitrogens is 3. The van der Waals surface area contributed by atoms with Gasteiger partial charge in [-0.2, -0.15) is 4.31 Å². The van der Waals surface area contributed by atoms with E-state index in [2.05, 4.69) is 14.9 Å². The molecule has 12 heteroatoms. The van der Waals surface area contributed by atoms with Crippen molar-refractivity contribution in [2.24, 2.45) is 7.05 Å². The van der Waals surface area contributed by atoms with Crippen molar-refractivity contribution in [3.63, 3.8) is 0 Å². The first kappa shape index (κ1) is 21.4. The maximum atomic E-state index is 12.9. The smallest absolute Gasteiger partial charge is 0.261 e. The molecule has 0 radical (unpaired) electrons. The van der Waals surface area contributed by atoms with Crippen LogP contribution in [0.3, 0.4) is 0 Å². The molecule has 31 heavy (non-hydrogen) atoms. The number of sulfonamides is 2. The van der Waals surface area contributed by atoms with Gasteiger partial charge in [-0.05, 0) is 36.4 Å². The third-order valence-corrected chi connectivity index (χ3v) is 8.16. The number of morpholine rings is 1. The molecule has 0 amide bonds. The molecule has 4 rings (SSSR count). The van der Waals surface area contributed by atoms with Crippen LogP contribution in [0.5, 0.6) is 0 Å². The number of anilines is 1. The molecule has 2 heterocycles. The van der Waals surface area contributed by atoms with Gasteiger partial charge in [0.15, 0.2) is 5.82 Å². The van der Waals surface area contributed by atoms with Crippen LogP contribution in [-0.4, -0.2) is 62.2 Å². The summed E-state index contributed by atoms with van der Waals surface area (Å²) in [5.41, 5.74) is 0.904. The Morgan fingerprint density at radius 3 is 2.23 bits per heavy atom. The predicted octanol–water partition coefficient (Wildman–Crippen LogP) is 1.30. The lowest BCUT2D eigenvalue weighted by atomic mass is 10.2. The van der Waals surface area contributed by atoms with Crippen molar-refractivity contribution in [2.75, 3.05) is 31.0 Å². The first-order valence-electron chi connectivity index (χ1n) is 9.43. The minimum absolute atomic E-state index is 0.0350. The number of benzene rings is 2. The van der Waals surface area contributed by atoms with Gasteiger partial charge in [0.05, 0.1) is 28.7 Å². The lowest BCUT2D eigenvalue weighted by Crippen LogP contribution is -2.40. The molecule has 0 unspecified atom stereocenters. The molecule has 1 N–H and O–H groups in total. The van der Waals surface area contributed by atoms with E-state index in [0.29, 0.717) is 30.3 Å². The number of hydrogen-bond donors (Lipinski definition) is 1. The van der Waals surface area contributed by atoms with Crippen LogP contribution in [0, 0.1) is 0 Å². The second-order valence-corrected chi connectivity index (χ2v) is 10.5. The topological polar surface area (TPSA) is 123 Å². The normalized spacial score (nSPS) is 15.6. The summed E-state index contributed by atoms with van der Waals surface area (Å²) in [6, 6.07) is 12.0.